The zero-order valence-corrected chi connectivity index (χ0v) is 11.8. The van der Waals surface area contributed by atoms with Crippen molar-refractivity contribution in [3.05, 3.63) is 32.8 Å². The number of hydrogen-bond donors (Lipinski definition) is 2. The summed E-state index contributed by atoms with van der Waals surface area (Å²) in [5.74, 6) is -0.158. The maximum atomic E-state index is 11.7. The van der Waals surface area contributed by atoms with Gasteiger partial charge in [0, 0.05) is 35.6 Å². The second kappa shape index (κ2) is 6.12. The standard InChI is InChI=1S/C12H14BrN3O3/c13-10-4-3-9(16(18)19)7-11(10)15-12(17)5-6-14-8-1-2-8/h3-4,7-8,14H,1-2,5-6H2,(H,15,17). The summed E-state index contributed by atoms with van der Waals surface area (Å²) < 4.78 is 0.626. The van der Waals surface area contributed by atoms with Gasteiger partial charge in [-0.3, -0.25) is 14.9 Å². The summed E-state index contributed by atoms with van der Waals surface area (Å²) >= 11 is 3.26. The average Bonchev–Trinajstić information content (AvgIpc) is 3.15. The van der Waals surface area contributed by atoms with Crippen molar-refractivity contribution in [2.24, 2.45) is 0 Å². The van der Waals surface area contributed by atoms with Crippen LogP contribution in [0, 0.1) is 10.1 Å². The molecule has 1 amide bonds. The van der Waals surface area contributed by atoms with Gasteiger partial charge in [0.2, 0.25) is 5.91 Å². The van der Waals surface area contributed by atoms with Gasteiger partial charge >= 0.3 is 0 Å². The van der Waals surface area contributed by atoms with Gasteiger partial charge in [0.25, 0.3) is 5.69 Å². The molecule has 1 fully saturated rings. The number of non-ortho nitro benzene ring substituents is 1. The second-order valence-corrected chi connectivity index (χ2v) is 5.30. The first-order chi connectivity index (χ1) is 9.06. The fourth-order valence-corrected chi connectivity index (χ4v) is 1.96. The van der Waals surface area contributed by atoms with Crippen molar-refractivity contribution >= 4 is 33.2 Å². The molecule has 0 saturated heterocycles. The topological polar surface area (TPSA) is 84.3 Å². The van der Waals surface area contributed by atoms with Crippen molar-refractivity contribution in [2.75, 3.05) is 11.9 Å². The van der Waals surface area contributed by atoms with Crippen LogP contribution in [0.1, 0.15) is 19.3 Å². The Balaban J connectivity index is 1.90. The molecular formula is C12H14BrN3O3. The quantitative estimate of drug-likeness (QED) is 0.620. The van der Waals surface area contributed by atoms with E-state index in [0.717, 1.165) is 0 Å². The van der Waals surface area contributed by atoms with E-state index >= 15 is 0 Å². The Morgan fingerprint density at radius 2 is 2.21 bits per heavy atom. The number of carbonyl (C=O) groups excluding carboxylic acids is 1. The number of halogens is 1. The van der Waals surface area contributed by atoms with Crippen molar-refractivity contribution in [1.82, 2.24) is 5.32 Å². The largest absolute Gasteiger partial charge is 0.325 e. The zero-order chi connectivity index (χ0) is 13.8. The van der Waals surface area contributed by atoms with E-state index < -0.39 is 4.92 Å². The van der Waals surface area contributed by atoms with E-state index in [9.17, 15) is 14.9 Å². The van der Waals surface area contributed by atoms with Gasteiger partial charge in [-0.2, -0.15) is 0 Å². The van der Waals surface area contributed by atoms with Crippen LogP contribution in [-0.2, 0) is 4.79 Å². The number of amides is 1. The molecule has 0 bridgehead atoms. The van der Waals surface area contributed by atoms with Gasteiger partial charge in [-0.25, -0.2) is 0 Å². The van der Waals surface area contributed by atoms with Crippen LogP contribution in [0.25, 0.3) is 0 Å². The number of benzene rings is 1. The molecule has 6 nitrogen and oxygen atoms in total. The van der Waals surface area contributed by atoms with Crippen molar-refractivity contribution in [3.63, 3.8) is 0 Å². The highest BCUT2D eigenvalue weighted by Crippen LogP contribution is 2.27. The van der Waals surface area contributed by atoms with Gasteiger partial charge in [0.1, 0.15) is 0 Å². The van der Waals surface area contributed by atoms with Crippen LogP contribution >= 0.6 is 15.9 Å². The summed E-state index contributed by atoms with van der Waals surface area (Å²) in [6.45, 7) is 0.628. The monoisotopic (exact) mass is 327 g/mol. The Kier molecular flexibility index (Phi) is 4.49. The SMILES string of the molecule is O=C(CCNC1CC1)Nc1cc([N+](=O)[O-])ccc1Br. The van der Waals surface area contributed by atoms with Crippen LogP contribution in [-0.4, -0.2) is 23.4 Å². The molecule has 0 radical (unpaired) electrons. The molecule has 2 N–H and O–H groups in total. The fraction of sp³-hybridized carbons (Fsp3) is 0.417. The average molecular weight is 328 g/mol. The molecule has 2 rings (SSSR count). The van der Waals surface area contributed by atoms with Gasteiger partial charge in [0.05, 0.1) is 10.6 Å². The van der Waals surface area contributed by atoms with Crippen molar-refractivity contribution in [1.29, 1.82) is 0 Å². The molecule has 1 saturated carbocycles. The maximum Gasteiger partial charge on any atom is 0.271 e. The molecule has 0 spiro atoms. The smallest absolute Gasteiger partial charge is 0.271 e. The van der Waals surface area contributed by atoms with Gasteiger partial charge < -0.3 is 10.6 Å². The molecule has 1 aliphatic rings. The number of nitrogens with one attached hydrogen (secondary N) is 2. The van der Waals surface area contributed by atoms with Crippen LogP contribution in [0.4, 0.5) is 11.4 Å². The zero-order valence-electron chi connectivity index (χ0n) is 10.2. The van der Waals surface area contributed by atoms with E-state index in [2.05, 4.69) is 26.6 Å². The molecule has 0 atom stereocenters. The lowest BCUT2D eigenvalue weighted by atomic mass is 10.2. The summed E-state index contributed by atoms with van der Waals surface area (Å²) in [5, 5.41) is 16.6. The van der Waals surface area contributed by atoms with Crippen LogP contribution < -0.4 is 10.6 Å². The summed E-state index contributed by atoms with van der Waals surface area (Å²) in [4.78, 5) is 21.9. The van der Waals surface area contributed by atoms with E-state index in [4.69, 9.17) is 0 Å². The first-order valence-corrected chi connectivity index (χ1v) is 6.83. The van der Waals surface area contributed by atoms with Gasteiger partial charge in [0.15, 0.2) is 0 Å². The van der Waals surface area contributed by atoms with Crippen molar-refractivity contribution < 1.29 is 9.72 Å². The molecule has 1 aliphatic carbocycles. The number of nitrogens with zero attached hydrogens (tertiary/aromatic N) is 1. The molecule has 0 heterocycles. The first-order valence-electron chi connectivity index (χ1n) is 6.03. The third-order valence-electron chi connectivity index (χ3n) is 2.80. The normalized spacial score (nSPS) is 14.2. The van der Waals surface area contributed by atoms with Crippen LogP contribution in [0.15, 0.2) is 22.7 Å². The van der Waals surface area contributed by atoms with Crippen molar-refractivity contribution in [2.45, 2.75) is 25.3 Å². The highest BCUT2D eigenvalue weighted by molar-refractivity contribution is 9.10. The molecule has 0 aliphatic heterocycles. The van der Waals surface area contributed by atoms with Crippen LogP contribution in [0.5, 0.6) is 0 Å². The number of carbonyl (C=O) groups is 1. The Hall–Kier alpha value is -1.47. The highest BCUT2D eigenvalue weighted by atomic mass is 79.9. The molecular weight excluding hydrogens is 314 g/mol. The minimum atomic E-state index is -0.489. The molecule has 19 heavy (non-hydrogen) atoms. The lowest BCUT2D eigenvalue weighted by Crippen LogP contribution is -2.23. The predicted octanol–water partition coefficient (Wildman–Crippen LogP) is 2.44. The molecule has 1 aromatic carbocycles. The molecule has 102 valence electrons. The fourth-order valence-electron chi connectivity index (χ4n) is 1.61. The Labute approximate surface area is 118 Å². The summed E-state index contributed by atoms with van der Waals surface area (Å²) in [7, 11) is 0. The van der Waals surface area contributed by atoms with Crippen molar-refractivity contribution in [3.8, 4) is 0 Å². The number of nitro groups is 1. The molecule has 1 aromatic rings. The number of hydrogen-bond acceptors (Lipinski definition) is 4. The van der Waals surface area contributed by atoms with E-state index in [0.29, 0.717) is 29.2 Å². The lowest BCUT2D eigenvalue weighted by molar-refractivity contribution is -0.384. The maximum absolute atomic E-state index is 11.7. The number of nitro benzene ring substituents is 1. The summed E-state index contributed by atoms with van der Waals surface area (Å²) in [6.07, 6.45) is 2.71. The molecule has 0 unspecified atom stereocenters. The minimum absolute atomic E-state index is 0.0467. The minimum Gasteiger partial charge on any atom is -0.325 e. The van der Waals surface area contributed by atoms with E-state index in [1.165, 1.54) is 25.0 Å². The van der Waals surface area contributed by atoms with Gasteiger partial charge in [-0.15, -0.1) is 0 Å². The van der Waals surface area contributed by atoms with E-state index in [-0.39, 0.29) is 11.6 Å². The summed E-state index contributed by atoms with van der Waals surface area (Å²) in [6, 6.07) is 4.85. The van der Waals surface area contributed by atoms with Gasteiger partial charge in [-0.1, -0.05) is 0 Å². The lowest BCUT2D eigenvalue weighted by Gasteiger charge is -2.07. The molecule has 7 heteroatoms. The third kappa shape index (κ3) is 4.29. The van der Waals surface area contributed by atoms with Gasteiger partial charge in [-0.05, 0) is 34.8 Å². The van der Waals surface area contributed by atoms with E-state index in [1.807, 2.05) is 0 Å². The number of anilines is 1. The van der Waals surface area contributed by atoms with Crippen LogP contribution in [0.2, 0.25) is 0 Å². The first kappa shape index (κ1) is 14.0. The van der Waals surface area contributed by atoms with E-state index in [1.54, 1.807) is 6.07 Å². The summed E-state index contributed by atoms with van der Waals surface area (Å²) in [5.41, 5.74) is 0.375. The van der Waals surface area contributed by atoms with Crippen LogP contribution in [0.3, 0.4) is 0 Å². The number of rotatable bonds is 6. The third-order valence-corrected chi connectivity index (χ3v) is 3.49. The Morgan fingerprint density at radius 1 is 1.47 bits per heavy atom. The Bertz CT molecular complexity index is 503. The molecule has 0 aromatic heterocycles. The highest BCUT2D eigenvalue weighted by Gasteiger charge is 2.20. The Morgan fingerprint density at radius 3 is 2.84 bits per heavy atom. The predicted molar refractivity (Wildman–Crippen MR) is 75.1 cm³/mol. The second-order valence-electron chi connectivity index (χ2n) is 4.45.